The Morgan fingerprint density at radius 1 is 1.09 bits per heavy atom. The van der Waals surface area contributed by atoms with E-state index in [0.29, 0.717) is 19.5 Å². The van der Waals surface area contributed by atoms with Crippen LogP contribution in [0.2, 0.25) is 0 Å². The number of carbonyl (C=O) groups excluding carboxylic acids is 1. The molecule has 6 nitrogen and oxygen atoms in total. The molecule has 0 spiro atoms. The smallest absolute Gasteiger partial charge is 0.227 e. The summed E-state index contributed by atoms with van der Waals surface area (Å²) in [4.78, 5) is 27.0. The molecule has 0 unspecified atom stereocenters. The van der Waals surface area contributed by atoms with Crippen molar-refractivity contribution in [1.29, 1.82) is 0 Å². The molecule has 4 rings (SSSR count). The predicted octanol–water partition coefficient (Wildman–Crippen LogP) is 4.13. The Morgan fingerprint density at radius 3 is 2.53 bits per heavy atom. The normalized spacial score (nSPS) is 12.9. The van der Waals surface area contributed by atoms with Crippen LogP contribution in [0.4, 0.5) is 5.82 Å². The molecule has 1 aromatic heterocycles. The van der Waals surface area contributed by atoms with Crippen LogP contribution < -0.4 is 9.64 Å². The van der Waals surface area contributed by atoms with Crippen LogP contribution in [0.25, 0.3) is 11.4 Å². The van der Waals surface area contributed by atoms with Gasteiger partial charge in [-0.15, -0.1) is 0 Å². The number of carbonyl (C=O) groups is 1. The van der Waals surface area contributed by atoms with Crippen molar-refractivity contribution in [2.75, 3.05) is 32.1 Å². The minimum atomic E-state index is 0.122. The summed E-state index contributed by atoms with van der Waals surface area (Å²) in [7, 11) is 3.71. The van der Waals surface area contributed by atoms with Crippen LogP contribution in [0.1, 0.15) is 30.2 Å². The maximum absolute atomic E-state index is 13.1. The van der Waals surface area contributed by atoms with E-state index in [1.165, 1.54) is 0 Å². The molecule has 1 aliphatic heterocycles. The fourth-order valence-electron chi connectivity index (χ4n) is 4.11. The van der Waals surface area contributed by atoms with E-state index in [1.807, 2.05) is 59.5 Å². The van der Waals surface area contributed by atoms with Crippen molar-refractivity contribution in [3.63, 3.8) is 0 Å². The lowest BCUT2D eigenvalue weighted by molar-refractivity contribution is -0.131. The van der Waals surface area contributed by atoms with Gasteiger partial charge in [0.25, 0.3) is 0 Å². The van der Waals surface area contributed by atoms with E-state index in [2.05, 4.69) is 18.9 Å². The average Bonchev–Trinajstić information content (AvgIpc) is 2.84. The number of aromatic nitrogens is 2. The van der Waals surface area contributed by atoms with Crippen molar-refractivity contribution in [2.24, 2.45) is 0 Å². The summed E-state index contributed by atoms with van der Waals surface area (Å²) >= 11 is 0. The number of fused-ring (bicyclic) bond motifs is 1. The number of amides is 1. The molecule has 3 aromatic rings. The molecule has 0 aliphatic carbocycles. The van der Waals surface area contributed by atoms with E-state index < -0.39 is 0 Å². The zero-order valence-corrected chi connectivity index (χ0v) is 19.0. The number of methoxy groups -OCH3 is 1. The number of anilines is 1. The maximum Gasteiger partial charge on any atom is 0.227 e. The van der Waals surface area contributed by atoms with Crippen LogP contribution in [0.3, 0.4) is 0 Å². The number of benzene rings is 2. The largest absolute Gasteiger partial charge is 0.497 e. The van der Waals surface area contributed by atoms with Crippen molar-refractivity contribution in [1.82, 2.24) is 14.9 Å². The molecule has 166 valence electrons. The third kappa shape index (κ3) is 4.74. The van der Waals surface area contributed by atoms with Crippen molar-refractivity contribution in [2.45, 2.75) is 32.7 Å². The van der Waals surface area contributed by atoms with E-state index in [1.54, 1.807) is 7.11 Å². The van der Waals surface area contributed by atoms with E-state index >= 15 is 0 Å². The van der Waals surface area contributed by atoms with Crippen LogP contribution in [0.15, 0.2) is 54.6 Å². The van der Waals surface area contributed by atoms with Gasteiger partial charge in [0.2, 0.25) is 5.91 Å². The van der Waals surface area contributed by atoms with Gasteiger partial charge in [0.1, 0.15) is 11.6 Å². The van der Waals surface area contributed by atoms with E-state index in [4.69, 9.17) is 14.7 Å². The van der Waals surface area contributed by atoms with Gasteiger partial charge in [0, 0.05) is 37.7 Å². The van der Waals surface area contributed by atoms with E-state index in [-0.39, 0.29) is 5.91 Å². The Kier molecular flexibility index (Phi) is 6.69. The summed E-state index contributed by atoms with van der Waals surface area (Å²) in [5.41, 5.74) is 4.11. The second-order valence-electron chi connectivity index (χ2n) is 8.17. The van der Waals surface area contributed by atoms with Crippen molar-refractivity contribution < 1.29 is 9.53 Å². The van der Waals surface area contributed by atoms with Crippen molar-refractivity contribution in [3.8, 4) is 17.1 Å². The summed E-state index contributed by atoms with van der Waals surface area (Å²) in [6.45, 7) is 4.28. The van der Waals surface area contributed by atoms with Crippen molar-refractivity contribution in [3.05, 3.63) is 71.4 Å². The van der Waals surface area contributed by atoms with Crippen LogP contribution in [-0.2, 0) is 24.2 Å². The number of nitrogens with zero attached hydrogens (tertiary/aromatic N) is 4. The number of ether oxygens (including phenoxy) is 1. The molecular weight excluding hydrogens is 400 g/mol. The summed E-state index contributed by atoms with van der Waals surface area (Å²) in [6.07, 6.45) is 2.14. The molecular formula is C26H30N4O2. The Morgan fingerprint density at radius 2 is 1.84 bits per heavy atom. The first-order valence-electron chi connectivity index (χ1n) is 11.2. The van der Waals surface area contributed by atoms with Crippen molar-refractivity contribution >= 4 is 11.7 Å². The first-order chi connectivity index (χ1) is 15.6. The molecule has 6 heteroatoms. The van der Waals surface area contributed by atoms with Gasteiger partial charge < -0.3 is 14.5 Å². The second-order valence-corrected chi connectivity index (χ2v) is 8.17. The molecule has 2 aromatic carbocycles. The Balaban J connectivity index is 1.60. The molecule has 0 saturated carbocycles. The highest BCUT2D eigenvalue weighted by molar-refractivity contribution is 5.79. The van der Waals surface area contributed by atoms with Gasteiger partial charge in [-0.2, -0.15) is 0 Å². The first-order valence-corrected chi connectivity index (χ1v) is 11.2. The van der Waals surface area contributed by atoms with Crippen LogP contribution >= 0.6 is 0 Å². The molecule has 0 radical (unpaired) electrons. The molecule has 1 amide bonds. The van der Waals surface area contributed by atoms with Gasteiger partial charge in [0.05, 0.1) is 25.8 Å². The van der Waals surface area contributed by atoms with Crippen LogP contribution in [0.5, 0.6) is 5.75 Å². The second kappa shape index (κ2) is 9.81. The molecule has 0 saturated heterocycles. The molecule has 0 atom stereocenters. The highest BCUT2D eigenvalue weighted by Crippen LogP contribution is 2.29. The minimum absolute atomic E-state index is 0.122. The minimum Gasteiger partial charge on any atom is -0.497 e. The quantitative estimate of drug-likeness (QED) is 0.564. The van der Waals surface area contributed by atoms with Gasteiger partial charge in [-0.1, -0.05) is 49.4 Å². The fraction of sp³-hybridized carbons (Fsp3) is 0.346. The monoisotopic (exact) mass is 430 g/mol. The molecule has 0 bridgehead atoms. The maximum atomic E-state index is 13.1. The van der Waals surface area contributed by atoms with Crippen LogP contribution in [-0.4, -0.2) is 48.0 Å². The lowest BCUT2D eigenvalue weighted by atomic mass is 10.0. The van der Waals surface area contributed by atoms with Gasteiger partial charge >= 0.3 is 0 Å². The van der Waals surface area contributed by atoms with Gasteiger partial charge in [-0.25, -0.2) is 9.97 Å². The van der Waals surface area contributed by atoms with Gasteiger partial charge in [-0.3, -0.25) is 4.79 Å². The average molecular weight is 431 g/mol. The highest BCUT2D eigenvalue weighted by Gasteiger charge is 2.27. The third-order valence-electron chi connectivity index (χ3n) is 5.86. The SMILES string of the molecule is CCCN(C)c1nc(-c2ccccc2)nc2c1CN(C(=O)Cc1ccc(OC)cc1)CC2. The van der Waals surface area contributed by atoms with Gasteiger partial charge in [0.15, 0.2) is 5.82 Å². The fourth-order valence-corrected chi connectivity index (χ4v) is 4.11. The molecule has 1 aliphatic rings. The first kappa shape index (κ1) is 21.8. The molecule has 2 heterocycles. The molecule has 0 fully saturated rings. The lowest BCUT2D eigenvalue weighted by Gasteiger charge is -2.32. The van der Waals surface area contributed by atoms with Gasteiger partial charge in [-0.05, 0) is 24.1 Å². The number of rotatable bonds is 7. The Hall–Kier alpha value is -3.41. The topological polar surface area (TPSA) is 58.6 Å². The number of hydrogen-bond donors (Lipinski definition) is 0. The zero-order chi connectivity index (χ0) is 22.5. The summed E-state index contributed by atoms with van der Waals surface area (Å²) in [5.74, 6) is 2.60. The molecule has 0 N–H and O–H groups in total. The van der Waals surface area contributed by atoms with E-state index in [0.717, 1.165) is 59.2 Å². The standard InChI is InChI=1S/C26H30N4O2/c1-4-15-29(2)26-22-18-30(24(31)17-19-10-12-21(32-3)13-11-19)16-14-23(22)27-25(28-26)20-8-6-5-7-9-20/h5-13H,4,14-18H2,1-3H3. The third-order valence-corrected chi connectivity index (χ3v) is 5.86. The predicted molar refractivity (Wildman–Crippen MR) is 127 cm³/mol. The Labute approximate surface area is 189 Å². The summed E-state index contributed by atoms with van der Waals surface area (Å²) in [5, 5.41) is 0. The lowest BCUT2D eigenvalue weighted by Crippen LogP contribution is -2.38. The highest BCUT2D eigenvalue weighted by atomic mass is 16.5. The van der Waals surface area contributed by atoms with Crippen LogP contribution in [0, 0.1) is 0 Å². The van der Waals surface area contributed by atoms with E-state index in [9.17, 15) is 4.79 Å². The zero-order valence-electron chi connectivity index (χ0n) is 19.0. The Bertz CT molecular complexity index is 1070. The summed E-state index contributed by atoms with van der Waals surface area (Å²) < 4.78 is 5.21. The summed E-state index contributed by atoms with van der Waals surface area (Å²) in [6, 6.07) is 17.8. The molecule has 32 heavy (non-hydrogen) atoms. The number of hydrogen-bond acceptors (Lipinski definition) is 5.